The molecular formula is C8H10ClNS. The predicted molar refractivity (Wildman–Crippen MR) is 53.5 cm³/mol. The summed E-state index contributed by atoms with van der Waals surface area (Å²) in [4.78, 5) is 0. The Hall–Kier alpha value is -0.340. The van der Waals surface area contributed by atoms with Crippen LogP contribution in [0.5, 0.6) is 0 Å². The highest BCUT2D eigenvalue weighted by Crippen LogP contribution is 2.14. The maximum absolute atomic E-state index is 5.70. The maximum Gasteiger partial charge on any atom is 0.0664 e. The van der Waals surface area contributed by atoms with E-state index in [2.05, 4.69) is 17.9 Å². The molecule has 11 heavy (non-hydrogen) atoms. The number of anilines is 1. The molecular weight excluding hydrogens is 178 g/mol. The molecule has 0 saturated carbocycles. The molecule has 1 unspecified atom stereocenters. The molecule has 0 fully saturated rings. The normalized spacial score (nSPS) is 12.6. The summed E-state index contributed by atoms with van der Waals surface area (Å²) < 4.78 is 0. The highest BCUT2D eigenvalue weighted by Gasteiger charge is 1.93. The molecule has 1 atom stereocenters. The van der Waals surface area contributed by atoms with Gasteiger partial charge < -0.3 is 5.32 Å². The second-order valence-corrected chi connectivity index (χ2v) is 3.54. The van der Waals surface area contributed by atoms with Gasteiger partial charge in [-0.2, -0.15) is 12.6 Å². The van der Waals surface area contributed by atoms with E-state index in [9.17, 15) is 0 Å². The number of hydrogen-bond acceptors (Lipinski definition) is 2. The van der Waals surface area contributed by atoms with Crippen LogP contribution in [0.25, 0.3) is 0 Å². The first-order valence-corrected chi connectivity index (χ1v) is 4.28. The van der Waals surface area contributed by atoms with Crippen LogP contribution in [0, 0.1) is 0 Å². The zero-order chi connectivity index (χ0) is 8.27. The average molecular weight is 188 g/mol. The van der Waals surface area contributed by atoms with Crippen LogP contribution in [-0.2, 0) is 0 Å². The molecule has 0 aliphatic heterocycles. The van der Waals surface area contributed by atoms with Crippen molar-refractivity contribution in [3.63, 3.8) is 0 Å². The minimum absolute atomic E-state index is 0.163. The Bertz CT molecular complexity index is 220. The Morgan fingerprint density at radius 1 is 1.36 bits per heavy atom. The zero-order valence-corrected chi connectivity index (χ0v) is 7.86. The van der Waals surface area contributed by atoms with Gasteiger partial charge in [0.1, 0.15) is 0 Å². The second-order valence-electron chi connectivity index (χ2n) is 2.33. The van der Waals surface area contributed by atoms with E-state index >= 15 is 0 Å². The molecule has 3 heteroatoms. The number of nitrogens with one attached hydrogen (secondary N) is 1. The van der Waals surface area contributed by atoms with Crippen molar-refractivity contribution in [1.82, 2.24) is 0 Å². The van der Waals surface area contributed by atoms with Gasteiger partial charge in [-0.1, -0.05) is 11.6 Å². The van der Waals surface area contributed by atoms with E-state index in [4.69, 9.17) is 11.6 Å². The number of halogens is 1. The molecule has 1 aromatic rings. The first-order valence-electron chi connectivity index (χ1n) is 3.38. The van der Waals surface area contributed by atoms with Gasteiger partial charge in [-0.05, 0) is 31.2 Å². The van der Waals surface area contributed by atoms with E-state index in [0.29, 0.717) is 0 Å². The summed E-state index contributed by atoms with van der Waals surface area (Å²) in [6.45, 7) is 1.97. The molecule has 0 bridgehead atoms. The molecule has 0 heterocycles. The van der Waals surface area contributed by atoms with E-state index in [1.165, 1.54) is 0 Å². The van der Waals surface area contributed by atoms with Crippen molar-refractivity contribution in [2.24, 2.45) is 0 Å². The molecule has 60 valence electrons. The molecule has 0 saturated heterocycles. The van der Waals surface area contributed by atoms with Crippen LogP contribution in [0.15, 0.2) is 24.3 Å². The van der Waals surface area contributed by atoms with Crippen molar-refractivity contribution in [1.29, 1.82) is 0 Å². The van der Waals surface area contributed by atoms with Gasteiger partial charge in [0.05, 0.1) is 5.37 Å². The topological polar surface area (TPSA) is 12.0 Å². The van der Waals surface area contributed by atoms with Crippen molar-refractivity contribution < 1.29 is 0 Å². The lowest BCUT2D eigenvalue weighted by Gasteiger charge is -2.08. The molecule has 1 nitrogen and oxygen atoms in total. The number of benzene rings is 1. The lowest BCUT2D eigenvalue weighted by Crippen LogP contribution is -2.06. The fraction of sp³-hybridized carbons (Fsp3) is 0.250. The highest BCUT2D eigenvalue weighted by molar-refractivity contribution is 7.81. The van der Waals surface area contributed by atoms with E-state index in [0.717, 1.165) is 10.7 Å². The van der Waals surface area contributed by atoms with E-state index < -0.39 is 0 Å². The maximum atomic E-state index is 5.70. The fourth-order valence-corrected chi connectivity index (χ4v) is 1.06. The molecule has 0 radical (unpaired) electrons. The third kappa shape index (κ3) is 3.04. The van der Waals surface area contributed by atoms with Crippen LogP contribution in [0.1, 0.15) is 6.92 Å². The lowest BCUT2D eigenvalue weighted by atomic mass is 10.3. The van der Waals surface area contributed by atoms with Crippen LogP contribution < -0.4 is 5.32 Å². The number of rotatable bonds is 2. The standard InChI is InChI=1S/C8H10ClNS/c1-6(11)10-8-4-2-7(9)3-5-8/h2-6,10-11H,1H3. The summed E-state index contributed by atoms with van der Waals surface area (Å²) in [6, 6.07) is 7.55. The van der Waals surface area contributed by atoms with Gasteiger partial charge in [0.15, 0.2) is 0 Å². The molecule has 0 aliphatic rings. The Balaban J connectivity index is 2.66. The van der Waals surface area contributed by atoms with Gasteiger partial charge in [0.2, 0.25) is 0 Å². The van der Waals surface area contributed by atoms with Crippen molar-refractivity contribution >= 4 is 29.9 Å². The van der Waals surface area contributed by atoms with Gasteiger partial charge in [0.25, 0.3) is 0 Å². The highest BCUT2D eigenvalue weighted by atomic mass is 35.5. The summed E-state index contributed by atoms with van der Waals surface area (Å²) in [7, 11) is 0. The summed E-state index contributed by atoms with van der Waals surface area (Å²) in [6.07, 6.45) is 0. The van der Waals surface area contributed by atoms with Crippen molar-refractivity contribution in [3.05, 3.63) is 29.3 Å². The summed E-state index contributed by atoms with van der Waals surface area (Å²) in [5.74, 6) is 0. The first-order chi connectivity index (χ1) is 5.18. The van der Waals surface area contributed by atoms with Crippen LogP contribution in [0.3, 0.4) is 0 Å². The van der Waals surface area contributed by atoms with Crippen LogP contribution in [-0.4, -0.2) is 5.37 Å². The average Bonchev–Trinajstić information content (AvgIpc) is 1.93. The predicted octanol–water partition coefficient (Wildman–Crippen LogP) is 3.03. The van der Waals surface area contributed by atoms with E-state index in [1.54, 1.807) is 0 Å². The Morgan fingerprint density at radius 3 is 2.36 bits per heavy atom. The lowest BCUT2D eigenvalue weighted by molar-refractivity contribution is 1.14. The van der Waals surface area contributed by atoms with Gasteiger partial charge in [-0.15, -0.1) is 0 Å². The van der Waals surface area contributed by atoms with E-state index in [-0.39, 0.29) is 5.37 Å². The summed E-state index contributed by atoms with van der Waals surface area (Å²) >= 11 is 9.89. The van der Waals surface area contributed by atoms with E-state index in [1.807, 2.05) is 31.2 Å². The van der Waals surface area contributed by atoms with Crippen LogP contribution in [0.4, 0.5) is 5.69 Å². The van der Waals surface area contributed by atoms with Crippen molar-refractivity contribution in [2.45, 2.75) is 12.3 Å². The summed E-state index contributed by atoms with van der Waals surface area (Å²) in [5, 5.41) is 4.05. The second kappa shape index (κ2) is 3.88. The quantitative estimate of drug-likeness (QED) is 0.536. The van der Waals surface area contributed by atoms with Crippen molar-refractivity contribution in [2.75, 3.05) is 5.32 Å². The third-order valence-electron chi connectivity index (χ3n) is 1.22. The van der Waals surface area contributed by atoms with Crippen LogP contribution >= 0.6 is 24.2 Å². The monoisotopic (exact) mass is 187 g/mol. The molecule has 1 rings (SSSR count). The molecule has 0 spiro atoms. The zero-order valence-electron chi connectivity index (χ0n) is 6.21. The molecule has 1 N–H and O–H groups in total. The van der Waals surface area contributed by atoms with Gasteiger partial charge in [-0.3, -0.25) is 0 Å². The molecule has 1 aromatic carbocycles. The largest absolute Gasteiger partial charge is 0.374 e. The SMILES string of the molecule is CC(S)Nc1ccc(Cl)cc1. The Kier molecular flexibility index (Phi) is 3.09. The Morgan fingerprint density at radius 2 is 1.91 bits per heavy atom. The van der Waals surface area contributed by atoms with Gasteiger partial charge in [-0.25, -0.2) is 0 Å². The summed E-state index contributed by atoms with van der Waals surface area (Å²) in [5.41, 5.74) is 1.04. The van der Waals surface area contributed by atoms with Crippen LogP contribution in [0.2, 0.25) is 5.02 Å². The fourth-order valence-electron chi connectivity index (χ4n) is 0.787. The number of thiol groups is 1. The first kappa shape index (κ1) is 8.75. The smallest absolute Gasteiger partial charge is 0.0664 e. The minimum Gasteiger partial charge on any atom is -0.374 e. The molecule has 0 aromatic heterocycles. The van der Waals surface area contributed by atoms with Gasteiger partial charge in [0, 0.05) is 10.7 Å². The molecule has 0 aliphatic carbocycles. The van der Waals surface area contributed by atoms with Gasteiger partial charge >= 0.3 is 0 Å². The Labute approximate surface area is 77.2 Å². The number of hydrogen-bond donors (Lipinski definition) is 2. The molecule has 0 amide bonds. The third-order valence-corrected chi connectivity index (χ3v) is 1.60. The minimum atomic E-state index is 0.163. The van der Waals surface area contributed by atoms with Crippen molar-refractivity contribution in [3.8, 4) is 0 Å².